The van der Waals surface area contributed by atoms with Gasteiger partial charge in [-0.25, -0.2) is 0 Å². The van der Waals surface area contributed by atoms with Gasteiger partial charge in [-0.15, -0.1) is 0 Å². The first-order chi connectivity index (χ1) is 15.1. The maximum Gasteiger partial charge on any atom is 0.251 e. The number of para-hydroxylation sites is 1. The average Bonchev–Trinajstić information content (AvgIpc) is 3.22. The van der Waals surface area contributed by atoms with E-state index in [2.05, 4.69) is 38.4 Å². The van der Waals surface area contributed by atoms with Crippen LogP contribution in [0.15, 0.2) is 65.4 Å². The zero-order chi connectivity index (χ0) is 21.6. The van der Waals surface area contributed by atoms with E-state index in [1.54, 1.807) is 35.6 Å². The zero-order valence-electron chi connectivity index (χ0n) is 17.3. The first-order valence-corrected chi connectivity index (χ1v) is 11.2. The van der Waals surface area contributed by atoms with Crippen molar-refractivity contribution in [1.29, 1.82) is 0 Å². The minimum Gasteiger partial charge on any atom is -0.484 e. The van der Waals surface area contributed by atoms with Crippen LogP contribution in [0.5, 0.6) is 5.75 Å². The molecule has 6 nitrogen and oxygen atoms in total. The van der Waals surface area contributed by atoms with Crippen LogP contribution < -0.4 is 15.4 Å². The van der Waals surface area contributed by atoms with Gasteiger partial charge in [0.1, 0.15) is 11.9 Å². The average molecular weight is 436 g/mol. The van der Waals surface area contributed by atoms with Crippen LogP contribution in [0.25, 0.3) is 0 Å². The molecular weight excluding hydrogens is 410 g/mol. The van der Waals surface area contributed by atoms with Crippen molar-refractivity contribution in [1.82, 2.24) is 10.2 Å². The second-order valence-corrected chi connectivity index (χ2v) is 8.30. The lowest BCUT2D eigenvalue weighted by Gasteiger charge is -2.23. The van der Waals surface area contributed by atoms with Gasteiger partial charge in [0, 0.05) is 55.5 Å². The fourth-order valence-electron chi connectivity index (χ4n) is 3.62. The molecule has 4 rings (SSSR count). The Labute approximate surface area is 185 Å². The number of thiophene rings is 1. The quantitative estimate of drug-likeness (QED) is 0.612. The van der Waals surface area contributed by atoms with E-state index in [0.717, 1.165) is 24.4 Å². The topological polar surface area (TPSA) is 70.7 Å². The summed E-state index contributed by atoms with van der Waals surface area (Å²) >= 11 is 1.67. The summed E-state index contributed by atoms with van der Waals surface area (Å²) in [5.41, 5.74) is 3.57. The van der Waals surface area contributed by atoms with E-state index in [0.29, 0.717) is 24.3 Å². The van der Waals surface area contributed by atoms with E-state index < -0.39 is 0 Å². The Bertz CT molecular complexity index is 1030. The summed E-state index contributed by atoms with van der Waals surface area (Å²) in [6, 6.07) is 17.1. The highest BCUT2D eigenvalue weighted by Gasteiger charge is 2.24. The third-order valence-electron chi connectivity index (χ3n) is 5.16. The smallest absolute Gasteiger partial charge is 0.251 e. The van der Waals surface area contributed by atoms with Crippen molar-refractivity contribution in [3.63, 3.8) is 0 Å². The van der Waals surface area contributed by atoms with Crippen LogP contribution >= 0.6 is 11.3 Å². The molecule has 1 unspecified atom stereocenters. The Morgan fingerprint density at radius 3 is 2.68 bits per heavy atom. The molecule has 3 aromatic rings. The maximum atomic E-state index is 12.5. The number of nitrogens with one attached hydrogen (secondary N) is 2. The van der Waals surface area contributed by atoms with Crippen LogP contribution in [0.3, 0.4) is 0 Å². The Balaban J connectivity index is 1.37. The van der Waals surface area contributed by atoms with E-state index in [4.69, 9.17) is 4.74 Å². The summed E-state index contributed by atoms with van der Waals surface area (Å²) in [4.78, 5) is 25.9. The van der Waals surface area contributed by atoms with Crippen LogP contribution in [0, 0.1) is 0 Å². The summed E-state index contributed by atoms with van der Waals surface area (Å²) in [5, 5.41) is 9.89. The first-order valence-electron chi connectivity index (χ1n) is 10.2. The normalized spacial score (nSPS) is 16.0. The number of amides is 2. The molecule has 1 aliphatic heterocycles. The number of carbonyl (C=O) groups excluding carboxylic acids is 2. The second kappa shape index (κ2) is 9.76. The maximum absolute atomic E-state index is 12.5. The van der Waals surface area contributed by atoms with Crippen molar-refractivity contribution < 1.29 is 14.3 Å². The van der Waals surface area contributed by atoms with Gasteiger partial charge in [-0.1, -0.05) is 18.2 Å². The lowest BCUT2D eigenvalue weighted by atomic mass is 10.2. The van der Waals surface area contributed by atoms with Gasteiger partial charge in [-0.3, -0.25) is 14.5 Å². The van der Waals surface area contributed by atoms with E-state index in [1.807, 2.05) is 18.2 Å². The molecule has 1 aromatic heterocycles. The molecule has 7 heteroatoms. The van der Waals surface area contributed by atoms with Gasteiger partial charge in [0.25, 0.3) is 5.91 Å². The van der Waals surface area contributed by atoms with E-state index in [1.165, 1.54) is 12.5 Å². The Kier molecular flexibility index (Phi) is 6.64. The number of anilines is 1. The summed E-state index contributed by atoms with van der Waals surface area (Å²) in [5.74, 6) is 0.653. The highest BCUT2D eigenvalue weighted by molar-refractivity contribution is 7.07. The fraction of sp³-hybridized carbons (Fsp3) is 0.250. The number of carbonyl (C=O) groups is 2. The van der Waals surface area contributed by atoms with Gasteiger partial charge in [-0.05, 0) is 47.2 Å². The van der Waals surface area contributed by atoms with Gasteiger partial charge in [-0.2, -0.15) is 11.3 Å². The molecule has 0 radical (unpaired) electrons. The third kappa shape index (κ3) is 5.51. The van der Waals surface area contributed by atoms with Gasteiger partial charge in [0.15, 0.2) is 0 Å². The molecule has 0 saturated carbocycles. The third-order valence-corrected chi connectivity index (χ3v) is 5.86. The monoisotopic (exact) mass is 435 g/mol. The predicted octanol–water partition coefficient (Wildman–Crippen LogP) is 4.07. The molecule has 0 spiro atoms. The van der Waals surface area contributed by atoms with Crippen LogP contribution in [-0.4, -0.2) is 36.3 Å². The summed E-state index contributed by atoms with van der Waals surface area (Å²) < 4.78 is 6.31. The summed E-state index contributed by atoms with van der Waals surface area (Å²) in [6.07, 6.45) is -0.0353. The van der Waals surface area contributed by atoms with Gasteiger partial charge < -0.3 is 15.4 Å². The van der Waals surface area contributed by atoms with Gasteiger partial charge >= 0.3 is 0 Å². The molecule has 2 N–H and O–H groups in total. The van der Waals surface area contributed by atoms with Crippen molar-refractivity contribution >= 4 is 28.8 Å². The number of ether oxygens (including phenoxy) is 1. The molecule has 160 valence electrons. The zero-order valence-corrected chi connectivity index (χ0v) is 18.2. The Morgan fingerprint density at radius 1 is 1.13 bits per heavy atom. The highest BCUT2D eigenvalue weighted by atomic mass is 32.1. The molecule has 2 heterocycles. The number of benzene rings is 2. The summed E-state index contributed by atoms with van der Waals surface area (Å²) in [6.45, 7) is 4.24. The molecule has 0 fully saturated rings. The molecule has 0 aliphatic carbocycles. The van der Waals surface area contributed by atoms with Crippen LogP contribution in [-0.2, 0) is 11.3 Å². The molecular formula is C24H25N3O3S. The number of fused-ring (bicyclic) bond motifs is 1. The molecule has 0 bridgehead atoms. The number of hydrogen-bond donors (Lipinski definition) is 2. The first kappa shape index (κ1) is 21.1. The Hall–Kier alpha value is -3.16. The highest BCUT2D eigenvalue weighted by Crippen LogP contribution is 2.31. The minimum atomic E-state index is -0.138. The van der Waals surface area contributed by atoms with E-state index >= 15 is 0 Å². The predicted molar refractivity (Wildman–Crippen MR) is 122 cm³/mol. The largest absolute Gasteiger partial charge is 0.484 e. The molecule has 0 saturated heterocycles. The van der Waals surface area contributed by atoms with Crippen molar-refractivity contribution in [3.8, 4) is 5.75 Å². The molecule has 1 atom stereocenters. The number of nitrogens with zero attached hydrogens (tertiary/aromatic N) is 1. The van der Waals surface area contributed by atoms with Crippen molar-refractivity contribution in [3.05, 3.63) is 82.0 Å². The molecule has 2 amide bonds. The van der Waals surface area contributed by atoms with Crippen LogP contribution in [0.2, 0.25) is 0 Å². The number of rotatable bonds is 6. The fourth-order valence-corrected chi connectivity index (χ4v) is 4.32. The standard InChI is InChI=1S/C24H25N3O3S/c1-17(28)26-21-8-6-18(7-9-21)24(29)25-11-12-27-14-19-4-2-3-5-22(19)30-23(15-27)20-10-13-31-16-20/h2-10,13,16,23H,11-12,14-15H2,1H3,(H,25,29)(H,26,28). The van der Waals surface area contributed by atoms with Gasteiger partial charge in [0.2, 0.25) is 5.91 Å². The van der Waals surface area contributed by atoms with E-state index in [-0.39, 0.29) is 17.9 Å². The molecule has 31 heavy (non-hydrogen) atoms. The molecule has 2 aromatic carbocycles. The molecule has 1 aliphatic rings. The Morgan fingerprint density at radius 2 is 1.94 bits per heavy atom. The second-order valence-electron chi connectivity index (χ2n) is 7.52. The van der Waals surface area contributed by atoms with Crippen molar-refractivity contribution in [2.75, 3.05) is 25.0 Å². The summed E-state index contributed by atoms with van der Waals surface area (Å²) in [7, 11) is 0. The lowest BCUT2D eigenvalue weighted by molar-refractivity contribution is -0.114. The van der Waals surface area contributed by atoms with Crippen molar-refractivity contribution in [2.24, 2.45) is 0 Å². The minimum absolute atomic E-state index is 0.0353. The van der Waals surface area contributed by atoms with Crippen LogP contribution in [0.1, 0.15) is 34.5 Å². The number of hydrogen-bond acceptors (Lipinski definition) is 5. The van der Waals surface area contributed by atoms with Crippen LogP contribution in [0.4, 0.5) is 5.69 Å². The van der Waals surface area contributed by atoms with E-state index in [9.17, 15) is 9.59 Å². The SMILES string of the molecule is CC(=O)Nc1ccc(C(=O)NCCN2Cc3ccccc3OC(c3ccsc3)C2)cc1. The van der Waals surface area contributed by atoms with Crippen molar-refractivity contribution in [2.45, 2.75) is 19.6 Å². The van der Waals surface area contributed by atoms with Gasteiger partial charge in [0.05, 0.1) is 0 Å². The lowest BCUT2D eigenvalue weighted by Crippen LogP contribution is -2.36.